The lowest BCUT2D eigenvalue weighted by Crippen LogP contribution is -2.23. The molecular weight excluding hydrogens is 311 g/mol. The topological polar surface area (TPSA) is 51.2 Å². The van der Waals surface area contributed by atoms with Gasteiger partial charge in [-0.25, -0.2) is 4.98 Å². The first kappa shape index (κ1) is 15.6. The monoisotopic (exact) mass is 324 g/mol. The van der Waals surface area contributed by atoms with Crippen LogP contribution in [0.1, 0.15) is 22.8 Å². The van der Waals surface area contributed by atoms with Crippen molar-refractivity contribution in [3.05, 3.63) is 57.7 Å². The molecule has 1 heterocycles. The van der Waals surface area contributed by atoms with Crippen LogP contribution in [0.3, 0.4) is 0 Å². The van der Waals surface area contributed by atoms with Gasteiger partial charge in [-0.15, -0.1) is 0 Å². The van der Waals surface area contributed by atoms with E-state index >= 15 is 0 Å². The number of amides is 1. The van der Waals surface area contributed by atoms with Crippen LogP contribution < -0.4 is 10.1 Å². The van der Waals surface area contributed by atoms with E-state index in [9.17, 15) is 4.79 Å². The van der Waals surface area contributed by atoms with E-state index in [1.807, 2.05) is 13.0 Å². The second-order valence-electron chi connectivity index (χ2n) is 4.18. The smallest absolute Gasteiger partial charge is 0.253 e. The van der Waals surface area contributed by atoms with Crippen molar-refractivity contribution >= 4 is 29.1 Å². The van der Waals surface area contributed by atoms with Crippen LogP contribution in [-0.2, 0) is 6.54 Å². The summed E-state index contributed by atoms with van der Waals surface area (Å²) in [6.45, 7) is 2.69. The highest BCUT2D eigenvalue weighted by molar-refractivity contribution is 6.43. The third-order valence-corrected chi connectivity index (χ3v) is 3.59. The van der Waals surface area contributed by atoms with Crippen LogP contribution in [-0.4, -0.2) is 17.5 Å². The van der Waals surface area contributed by atoms with Crippen LogP contribution >= 0.6 is 23.2 Å². The molecule has 0 aliphatic rings. The van der Waals surface area contributed by atoms with E-state index in [1.54, 1.807) is 30.5 Å². The SMILES string of the molecule is CCOc1ncccc1CNC(=O)c1cccc(Cl)c1Cl. The van der Waals surface area contributed by atoms with Gasteiger partial charge in [-0.1, -0.05) is 35.3 Å². The Balaban J connectivity index is 2.09. The average molecular weight is 325 g/mol. The summed E-state index contributed by atoms with van der Waals surface area (Å²) >= 11 is 11.9. The molecule has 0 unspecified atom stereocenters. The molecule has 1 N–H and O–H groups in total. The van der Waals surface area contributed by atoms with Gasteiger partial charge in [0.25, 0.3) is 5.91 Å². The summed E-state index contributed by atoms with van der Waals surface area (Å²) in [6.07, 6.45) is 1.64. The molecule has 6 heteroatoms. The Morgan fingerprint density at radius 3 is 2.86 bits per heavy atom. The molecule has 110 valence electrons. The van der Waals surface area contributed by atoms with E-state index in [4.69, 9.17) is 27.9 Å². The van der Waals surface area contributed by atoms with Gasteiger partial charge < -0.3 is 10.1 Å². The van der Waals surface area contributed by atoms with Crippen LogP contribution in [0.4, 0.5) is 0 Å². The number of rotatable bonds is 5. The van der Waals surface area contributed by atoms with Crippen molar-refractivity contribution in [1.82, 2.24) is 10.3 Å². The quantitative estimate of drug-likeness (QED) is 0.911. The number of benzene rings is 1. The molecule has 1 aromatic carbocycles. The van der Waals surface area contributed by atoms with Crippen LogP contribution in [0.5, 0.6) is 5.88 Å². The summed E-state index contributed by atoms with van der Waals surface area (Å²) in [4.78, 5) is 16.3. The molecule has 4 nitrogen and oxygen atoms in total. The number of nitrogens with zero attached hydrogens (tertiary/aromatic N) is 1. The van der Waals surface area contributed by atoms with E-state index in [0.717, 1.165) is 5.56 Å². The molecular formula is C15H14Cl2N2O2. The van der Waals surface area contributed by atoms with E-state index in [-0.39, 0.29) is 10.9 Å². The first-order chi connectivity index (χ1) is 10.1. The number of carbonyl (C=O) groups excluding carboxylic acids is 1. The summed E-state index contributed by atoms with van der Waals surface area (Å²) in [5, 5.41) is 3.37. The number of ether oxygens (including phenoxy) is 1. The Labute approximate surface area is 133 Å². The Bertz CT molecular complexity index is 647. The van der Waals surface area contributed by atoms with Crippen LogP contribution in [0.15, 0.2) is 36.5 Å². The zero-order valence-corrected chi connectivity index (χ0v) is 12.9. The third-order valence-electron chi connectivity index (χ3n) is 2.77. The molecule has 0 spiro atoms. The Morgan fingerprint density at radius 1 is 1.29 bits per heavy atom. The van der Waals surface area contributed by atoms with Gasteiger partial charge in [-0.05, 0) is 25.1 Å². The molecule has 0 radical (unpaired) electrons. The number of hydrogen-bond donors (Lipinski definition) is 1. The fourth-order valence-electron chi connectivity index (χ4n) is 1.78. The lowest BCUT2D eigenvalue weighted by atomic mass is 10.2. The van der Waals surface area contributed by atoms with Crippen LogP contribution in [0, 0.1) is 0 Å². The van der Waals surface area contributed by atoms with Crippen molar-refractivity contribution < 1.29 is 9.53 Å². The summed E-state index contributed by atoms with van der Waals surface area (Å²) in [6, 6.07) is 8.57. The predicted octanol–water partition coefficient (Wildman–Crippen LogP) is 3.72. The molecule has 21 heavy (non-hydrogen) atoms. The average Bonchev–Trinajstić information content (AvgIpc) is 2.49. The minimum Gasteiger partial charge on any atom is -0.478 e. The first-order valence-electron chi connectivity index (χ1n) is 6.42. The van der Waals surface area contributed by atoms with Gasteiger partial charge in [0.1, 0.15) is 0 Å². The van der Waals surface area contributed by atoms with Crippen LogP contribution in [0.2, 0.25) is 10.0 Å². The maximum atomic E-state index is 12.1. The van der Waals surface area contributed by atoms with Crippen molar-refractivity contribution in [2.24, 2.45) is 0 Å². The van der Waals surface area contributed by atoms with Gasteiger partial charge in [-0.3, -0.25) is 4.79 Å². The maximum absolute atomic E-state index is 12.1. The fraction of sp³-hybridized carbons (Fsp3) is 0.200. The van der Waals surface area contributed by atoms with Crippen molar-refractivity contribution in [3.8, 4) is 5.88 Å². The standard InChI is InChI=1S/C15H14Cl2N2O2/c1-2-21-15-10(5-4-8-18-15)9-19-14(20)11-6-3-7-12(16)13(11)17/h3-8H,2,9H2,1H3,(H,19,20). The van der Waals surface area contributed by atoms with Crippen molar-refractivity contribution in [3.63, 3.8) is 0 Å². The van der Waals surface area contributed by atoms with Crippen molar-refractivity contribution in [2.75, 3.05) is 6.61 Å². The Morgan fingerprint density at radius 2 is 2.10 bits per heavy atom. The van der Waals surface area contributed by atoms with E-state index in [1.165, 1.54) is 0 Å². The largest absolute Gasteiger partial charge is 0.478 e. The van der Waals surface area contributed by atoms with Crippen molar-refractivity contribution in [2.45, 2.75) is 13.5 Å². The van der Waals surface area contributed by atoms with Gasteiger partial charge in [0.2, 0.25) is 5.88 Å². The molecule has 0 saturated heterocycles. The maximum Gasteiger partial charge on any atom is 0.253 e. The summed E-state index contributed by atoms with van der Waals surface area (Å²) < 4.78 is 5.41. The highest BCUT2D eigenvalue weighted by Crippen LogP contribution is 2.25. The molecule has 0 atom stereocenters. The van der Waals surface area contributed by atoms with Gasteiger partial charge in [0.05, 0.1) is 22.2 Å². The summed E-state index contributed by atoms with van der Waals surface area (Å²) in [5.74, 6) is 0.214. The molecule has 0 saturated carbocycles. The van der Waals surface area contributed by atoms with Crippen molar-refractivity contribution in [1.29, 1.82) is 0 Å². The number of halogens is 2. The second-order valence-corrected chi connectivity index (χ2v) is 4.97. The lowest BCUT2D eigenvalue weighted by Gasteiger charge is -2.10. The Hall–Kier alpha value is -1.78. The first-order valence-corrected chi connectivity index (χ1v) is 7.18. The molecule has 2 rings (SSSR count). The fourth-order valence-corrected chi connectivity index (χ4v) is 2.16. The number of carbonyl (C=O) groups is 1. The minimum absolute atomic E-state index is 0.243. The summed E-state index contributed by atoms with van der Waals surface area (Å²) in [7, 11) is 0. The van der Waals surface area contributed by atoms with Gasteiger partial charge in [0, 0.05) is 18.3 Å². The highest BCUT2D eigenvalue weighted by Gasteiger charge is 2.13. The van der Waals surface area contributed by atoms with E-state index < -0.39 is 0 Å². The molecule has 0 fully saturated rings. The highest BCUT2D eigenvalue weighted by atomic mass is 35.5. The number of aromatic nitrogens is 1. The predicted molar refractivity (Wildman–Crippen MR) is 83.0 cm³/mol. The number of nitrogens with one attached hydrogen (secondary N) is 1. The molecule has 0 aliphatic carbocycles. The molecule has 0 bridgehead atoms. The molecule has 1 aromatic heterocycles. The molecule has 1 amide bonds. The number of hydrogen-bond acceptors (Lipinski definition) is 3. The van der Waals surface area contributed by atoms with Crippen LogP contribution in [0.25, 0.3) is 0 Å². The van der Waals surface area contributed by atoms with Gasteiger partial charge >= 0.3 is 0 Å². The minimum atomic E-state index is -0.297. The second kappa shape index (κ2) is 7.29. The lowest BCUT2D eigenvalue weighted by molar-refractivity contribution is 0.0950. The summed E-state index contributed by atoms with van der Waals surface area (Å²) in [5.41, 5.74) is 1.14. The normalized spacial score (nSPS) is 10.2. The van der Waals surface area contributed by atoms with E-state index in [0.29, 0.717) is 29.6 Å². The molecule has 2 aromatic rings. The van der Waals surface area contributed by atoms with Gasteiger partial charge in [0.15, 0.2) is 0 Å². The number of pyridine rings is 1. The van der Waals surface area contributed by atoms with E-state index in [2.05, 4.69) is 10.3 Å². The third kappa shape index (κ3) is 3.86. The Kier molecular flexibility index (Phi) is 5.42. The zero-order valence-electron chi connectivity index (χ0n) is 11.4. The molecule has 0 aliphatic heterocycles. The zero-order chi connectivity index (χ0) is 15.2. The van der Waals surface area contributed by atoms with Gasteiger partial charge in [-0.2, -0.15) is 0 Å².